The van der Waals surface area contributed by atoms with Crippen LogP contribution in [-0.4, -0.2) is 39.5 Å². The third-order valence-electron chi connectivity index (χ3n) is 3.94. The first-order valence-corrected chi connectivity index (χ1v) is 10.0. The highest BCUT2D eigenvalue weighted by atomic mass is 35.5. The van der Waals surface area contributed by atoms with Crippen molar-refractivity contribution < 1.29 is 13.2 Å². The van der Waals surface area contributed by atoms with Crippen molar-refractivity contribution in [2.45, 2.75) is 43.2 Å². The number of piperidine rings is 1. The van der Waals surface area contributed by atoms with Crippen molar-refractivity contribution in [3.63, 3.8) is 0 Å². The van der Waals surface area contributed by atoms with Crippen LogP contribution in [0.25, 0.3) is 0 Å². The average Bonchev–Trinajstić information content (AvgIpc) is 2.49. The average molecular weight is 394 g/mol. The lowest BCUT2D eigenvalue weighted by Gasteiger charge is -2.30. The normalized spacial score (nSPS) is 21.5. The summed E-state index contributed by atoms with van der Waals surface area (Å²) in [6.45, 7) is 2.95. The van der Waals surface area contributed by atoms with Gasteiger partial charge in [0.05, 0.1) is 10.0 Å². The van der Waals surface area contributed by atoms with Gasteiger partial charge in [0, 0.05) is 25.0 Å². The monoisotopic (exact) mass is 393 g/mol. The van der Waals surface area contributed by atoms with E-state index >= 15 is 0 Å². The van der Waals surface area contributed by atoms with E-state index < -0.39 is 10.0 Å². The molecule has 0 aromatic heterocycles. The summed E-state index contributed by atoms with van der Waals surface area (Å²) < 4.78 is 26.9. The van der Waals surface area contributed by atoms with Gasteiger partial charge >= 0.3 is 0 Å². The quantitative estimate of drug-likeness (QED) is 0.688. The molecule has 6 nitrogen and oxygen atoms in total. The Morgan fingerprint density at radius 3 is 2.62 bits per heavy atom. The van der Waals surface area contributed by atoms with Crippen LogP contribution < -0.4 is 15.4 Å². The Labute approximate surface area is 152 Å². The van der Waals surface area contributed by atoms with Crippen molar-refractivity contribution in [1.29, 1.82) is 0 Å². The summed E-state index contributed by atoms with van der Waals surface area (Å²) in [5.74, 6) is -0.191. The molecule has 1 amide bonds. The molecule has 0 aliphatic carbocycles. The van der Waals surface area contributed by atoms with Crippen LogP contribution in [-0.2, 0) is 14.8 Å². The Balaban J connectivity index is 1.87. The fraction of sp³-hybridized carbons (Fsp3) is 0.533. The Hall–Kier alpha value is -0.860. The number of rotatable bonds is 6. The van der Waals surface area contributed by atoms with Crippen LogP contribution in [0.3, 0.4) is 0 Å². The van der Waals surface area contributed by atoms with Gasteiger partial charge < -0.3 is 10.6 Å². The van der Waals surface area contributed by atoms with Gasteiger partial charge in [-0.05, 0) is 38.4 Å². The minimum absolute atomic E-state index is 0.0236. The number of nitrogens with one attached hydrogen (secondary N) is 3. The van der Waals surface area contributed by atoms with Crippen LogP contribution in [0.4, 0.5) is 0 Å². The van der Waals surface area contributed by atoms with E-state index in [2.05, 4.69) is 15.4 Å². The second-order valence-electron chi connectivity index (χ2n) is 5.76. The Bertz CT molecular complexity index is 677. The summed E-state index contributed by atoms with van der Waals surface area (Å²) in [7, 11) is -3.87. The van der Waals surface area contributed by atoms with E-state index in [9.17, 15) is 13.2 Å². The minimum Gasteiger partial charge on any atom is -0.352 e. The molecule has 3 N–H and O–H groups in total. The molecule has 0 saturated carbocycles. The smallest absolute Gasteiger partial charge is 0.243 e. The van der Waals surface area contributed by atoms with E-state index in [4.69, 9.17) is 23.2 Å². The molecule has 1 aliphatic rings. The number of amides is 1. The van der Waals surface area contributed by atoms with Crippen LogP contribution in [0, 0.1) is 0 Å². The summed E-state index contributed by atoms with van der Waals surface area (Å²) in [5.41, 5.74) is 0. The number of carbonyl (C=O) groups excluding carboxylic acids is 1. The highest BCUT2D eigenvalue weighted by molar-refractivity contribution is 7.89. The number of benzene rings is 1. The van der Waals surface area contributed by atoms with E-state index in [0.717, 1.165) is 19.4 Å². The van der Waals surface area contributed by atoms with Gasteiger partial charge in [-0.25, -0.2) is 13.1 Å². The van der Waals surface area contributed by atoms with Gasteiger partial charge in [-0.15, -0.1) is 0 Å². The molecule has 1 heterocycles. The lowest BCUT2D eigenvalue weighted by molar-refractivity contribution is -0.122. The number of hydrogen-bond acceptors (Lipinski definition) is 4. The molecule has 24 heavy (non-hydrogen) atoms. The largest absolute Gasteiger partial charge is 0.352 e. The first-order valence-electron chi connectivity index (χ1n) is 7.77. The predicted octanol–water partition coefficient (Wildman–Crippen LogP) is 1.92. The molecule has 2 unspecified atom stereocenters. The Kier molecular flexibility index (Phi) is 6.88. The molecule has 0 radical (unpaired) electrons. The lowest BCUT2D eigenvalue weighted by Crippen LogP contribution is -2.52. The fourth-order valence-electron chi connectivity index (χ4n) is 2.63. The topological polar surface area (TPSA) is 87.3 Å². The zero-order valence-corrected chi connectivity index (χ0v) is 15.6. The van der Waals surface area contributed by atoms with Crippen LogP contribution in [0.1, 0.15) is 26.2 Å². The van der Waals surface area contributed by atoms with Gasteiger partial charge in [-0.1, -0.05) is 29.3 Å². The molecule has 0 bridgehead atoms. The third-order valence-corrected chi connectivity index (χ3v) is 6.36. The summed E-state index contributed by atoms with van der Waals surface area (Å²) in [6.07, 6.45) is 1.97. The first-order chi connectivity index (χ1) is 11.3. The molecular formula is C15H21Cl2N3O3S. The fourth-order valence-corrected chi connectivity index (χ4v) is 4.80. The molecule has 1 aliphatic heterocycles. The number of sulfonamides is 1. The van der Waals surface area contributed by atoms with Crippen molar-refractivity contribution in [2.75, 3.05) is 13.1 Å². The van der Waals surface area contributed by atoms with Gasteiger partial charge in [0.25, 0.3) is 0 Å². The molecule has 0 spiro atoms. The minimum atomic E-state index is -3.87. The maximum Gasteiger partial charge on any atom is 0.243 e. The maximum absolute atomic E-state index is 12.3. The van der Waals surface area contributed by atoms with Crippen molar-refractivity contribution in [3.8, 4) is 0 Å². The standard InChI is InChI=1S/C15H21Cl2N3O3S/c1-10-13(6-3-8-18-10)20-14(21)7-9-19-24(22,23)15-11(16)4-2-5-12(15)17/h2,4-5,10,13,18-19H,3,6-9H2,1H3,(H,20,21). The molecule has 2 rings (SSSR count). The second kappa shape index (κ2) is 8.49. The SMILES string of the molecule is CC1NCCCC1NC(=O)CCNS(=O)(=O)c1c(Cl)cccc1Cl. The highest BCUT2D eigenvalue weighted by Gasteiger charge is 2.24. The van der Waals surface area contributed by atoms with Crippen molar-refractivity contribution >= 4 is 39.1 Å². The van der Waals surface area contributed by atoms with Gasteiger partial charge in [0.15, 0.2) is 0 Å². The number of carbonyl (C=O) groups is 1. The molecule has 1 aromatic rings. The Morgan fingerprint density at radius 2 is 2.00 bits per heavy atom. The van der Waals surface area contributed by atoms with E-state index in [1.54, 1.807) is 6.07 Å². The lowest BCUT2D eigenvalue weighted by atomic mass is 10.00. The first kappa shape index (κ1) is 19.5. The maximum atomic E-state index is 12.3. The molecule has 134 valence electrons. The zero-order valence-electron chi connectivity index (χ0n) is 13.3. The van der Waals surface area contributed by atoms with Crippen molar-refractivity contribution in [2.24, 2.45) is 0 Å². The third kappa shape index (κ3) is 5.07. The summed E-state index contributed by atoms with van der Waals surface area (Å²) in [6, 6.07) is 4.75. The van der Waals surface area contributed by atoms with Crippen LogP contribution in [0.5, 0.6) is 0 Å². The second-order valence-corrected chi connectivity index (χ2v) is 8.28. The number of hydrogen-bond donors (Lipinski definition) is 3. The molecule has 1 fully saturated rings. The predicted molar refractivity (Wildman–Crippen MR) is 94.9 cm³/mol. The van der Waals surface area contributed by atoms with Gasteiger partial charge in [-0.2, -0.15) is 0 Å². The van der Waals surface area contributed by atoms with Crippen molar-refractivity contribution in [3.05, 3.63) is 28.2 Å². The summed E-state index contributed by atoms with van der Waals surface area (Å²) >= 11 is 11.8. The molecule has 1 aromatic carbocycles. The van der Waals surface area contributed by atoms with Crippen LogP contribution >= 0.6 is 23.2 Å². The van der Waals surface area contributed by atoms with Crippen LogP contribution in [0.2, 0.25) is 10.0 Å². The number of halogens is 2. The van der Waals surface area contributed by atoms with Crippen LogP contribution in [0.15, 0.2) is 23.1 Å². The van der Waals surface area contributed by atoms with Gasteiger partial charge in [0.1, 0.15) is 4.90 Å². The van der Waals surface area contributed by atoms with E-state index in [1.165, 1.54) is 12.1 Å². The Morgan fingerprint density at radius 1 is 1.33 bits per heavy atom. The molecular weight excluding hydrogens is 373 g/mol. The molecule has 2 atom stereocenters. The van der Waals surface area contributed by atoms with Gasteiger partial charge in [-0.3, -0.25) is 4.79 Å². The highest BCUT2D eigenvalue weighted by Crippen LogP contribution is 2.28. The van der Waals surface area contributed by atoms with E-state index in [1.807, 2.05) is 6.92 Å². The van der Waals surface area contributed by atoms with E-state index in [0.29, 0.717) is 0 Å². The summed E-state index contributed by atoms with van der Waals surface area (Å²) in [4.78, 5) is 11.8. The molecule has 9 heteroatoms. The zero-order chi connectivity index (χ0) is 17.7. The van der Waals surface area contributed by atoms with Crippen molar-refractivity contribution in [1.82, 2.24) is 15.4 Å². The van der Waals surface area contributed by atoms with E-state index in [-0.39, 0.29) is 45.9 Å². The molecule has 1 saturated heterocycles. The van der Waals surface area contributed by atoms with Gasteiger partial charge in [0.2, 0.25) is 15.9 Å². The summed E-state index contributed by atoms with van der Waals surface area (Å²) in [5, 5.41) is 6.31.